The molecule has 0 aliphatic carbocycles. The van der Waals surface area contributed by atoms with Crippen LogP contribution in [0.4, 0.5) is 0 Å². The van der Waals surface area contributed by atoms with Gasteiger partial charge in [-0.1, -0.05) is 18.2 Å². The molecule has 0 aliphatic heterocycles. The van der Waals surface area contributed by atoms with Crippen molar-refractivity contribution in [3.05, 3.63) is 53.2 Å². The maximum absolute atomic E-state index is 11.9. The molecular formula is C17H19N3O2S. The molecule has 5 nitrogen and oxygen atoms in total. The number of thiophene rings is 1. The lowest BCUT2D eigenvalue weighted by Crippen LogP contribution is -2.28. The fraction of sp³-hybridized carbons (Fsp3) is 0.294. The topological polar surface area (TPSA) is 67.2 Å². The molecule has 120 valence electrons. The van der Waals surface area contributed by atoms with Crippen LogP contribution in [0.15, 0.2) is 42.7 Å². The molecule has 1 atom stereocenters. The van der Waals surface area contributed by atoms with E-state index in [1.54, 1.807) is 22.2 Å². The van der Waals surface area contributed by atoms with Gasteiger partial charge in [0.05, 0.1) is 6.20 Å². The van der Waals surface area contributed by atoms with Crippen molar-refractivity contribution in [3.8, 4) is 0 Å². The minimum absolute atomic E-state index is 0.0611. The first-order valence-corrected chi connectivity index (χ1v) is 8.34. The van der Waals surface area contributed by atoms with Crippen molar-refractivity contribution in [2.75, 3.05) is 6.54 Å². The Morgan fingerprint density at radius 2 is 2.26 bits per heavy atom. The van der Waals surface area contributed by atoms with E-state index >= 15 is 0 Å². The molecule has 0 fully saturated rings. The molecule has 0 radical (unpaired) electrons. The molecule has 0 bridgehead atoms. The van der Waals surface area contributed by atoms with Crippen molar-refractivity contribution in [1.82, 2.24) is 15.1 Å². The van der Waals surface area contributed by atoms with Crippen LogP contribution < -0.4 is 5.32 Å². The summed E-state index contributed by atoms with van der Waals surface area (Å²) in [5.41, 5.74) is 1.03. The molecule has 23 heavy (non-hydrogen) atoms. The summed E-state index contributed by atoms with van der Waals surface area (Å²) < 4.78 is 2.86. The summed E-state index contributed by atoms with van der Waals surface area (Å²) in [4.78, 5) is 12.8. The smallest absolute Gasteiger partial charge is 0.220 e. The SMILES string of the molecule is Cn1cc(CCC(=O)NCC(O)c2cc3ccccc3s2)cn1. The lowest BCUT2D eigenvalue weighted by Gasteiger charge is -2.09. The third-order valence-corrected chi connectivity index (χ3v) is 4.88. The minimum Gasteiger partial charge on any atom is -0.386 e. The Morgan fingerprint density at radius 3 is 3.00 bits per heavy atom. The highest BCUT2D eigenvalue weighted by atomic mass is 32.1. The van der Waals surface area contributed by atoms with Crippen molar-refractivity contribution in [3.63, 3.8) is 0 Å². The summed E-state index contributed by atoms with van der Waals surface area (Å²) in [6.45, 7) is 0.235. The van der Waals surface area contributed by atoms with Crippen molar-refractivity contribution in [2.24, 2.45) is 7.05 Å². The molecule has 6 heteroatoms. The zero-order chi connectivity index (χ0) is 16.2. The second-order valence-corrected chi connectivity index (χ2v) is 6.64. The third kappa shape index (κ3) is 3.97. The van der Waals surface area contributed by atoms with E-state index < -0.39 is 6.10 Å². The molecule has 0 saturated carbocycles. The van der Waals surface area contributed by atoms with Crippen LogP contribution in [-0.4, -0.2) is 27.3 Å². The first kappa shape index (κ1) is 15.7. The fourth-order valence-corrected chi connectivity index (χ4v) is 3.48. The number of hydrogen-bond acceptors (Lipinski definition) is 4. The van der Waals surface area contributed by atoms with Crippen LogP contribution in [0.1, 0.15) is 23.0 Å². The number of hydrogen-bond donors (Lipinski definition) is 2. The third-order valence-electron chi connectivity index (χ3n) is 3.66. The average Bonchev–Trinajstić information content (AvgIpc) is 3.16. The molecule has 1 unspecified atom stereocenters. The zero-order valence-electron chi connectivity index (χ0n) is 12.9. The molecule has 3 aromatic rings. The number of nitrogens with one attached hydrogen (secondary N) is 1. The van der Waals surface area contributed by atoms with Crippen molar-refractivity contribution < 1.29 is 9.90 Å². The van der Waals surface area contributed by atoms with Gasteiger partial charge < -0.3 is 10.4 Å². The molecule has 2 heterocycles. The molecule has 3 rings (SSSR count). The van der Waals surface area contributed by atoms with Gasteiger partial charge in [-0.2, -0.15) is 5.10 Å². The van der Waals surface area contributed by atoms with E-state index in [0.717, 1.165) is 20.5 Å². The van der Waals surface area contributed by atoms with Gasteiger partial charge in [-0.05, 0) is 29.5 Å². The highest BCUT2D eigenvalue weighted by Crippen LogP contribution is 2.29. The lowest BCUT2D eigenvalue weighted by atomic mass is 10.2. The van der Waals surface area contributed by atoms with Gasteiger partial charge in [0.15, 0.2) is 0 Å². The van der Waals surface area contributed by atoms with Gasteiger partial charge in [0.1, 0.15) is 6.10 Å². The summed E-state index contributed by atoms with van der Waals surface area (Å²) in [5.74, 6) is -0.0611. The summed E-state index contributed by atoms with van der Waals surface area (Å²) >= 11 is 1.56. The minimum atomic E-state index is -0.672. The van der Waals surface area contributed by atoms with E-state index in [1.165, 1.54) is 0 Å². The first-order chi connectivity index (χ1) is 11.1. The Bertz CT molecular complexity index is 776. The predicted molar refractivity (Wildman–Crippen MR) is 91.3 cm³/mol. The Morgan fingerprint density at radius 1 is 1.43 bits per heavy atom. The van der Waals surface area contributed by atoms with Crippen molar-refractivity contribution >= 4 is 27.3 Å². The number of rotatable bonds is 6. The molecular weight excluding hydrogens is 310 g/mol. The van der Waals surface area contributed by atoms with Crippen LogP contribution >= 0.6 is 11.3 Å². The number of carbonyl (C=O) groups excluding carboxylic acids is 1. The number of aryl methyl sites for hydroxylation is 2. The zero-order valence-corrected chi connectivity index (χ0v) is 13.7. The highest BCUT2D eigenvalue weighted by Gasteiger charge is 2.13. The summed E-state index contributed by atoms with van der Waals surface area (Å²) in [6, 6.07) is 9.99. The quantitative estimate of drug-likeness (QED) is 0.730. The second-order valence-electron chi connectivity index (χ2n) is 5.53. The van der Waals surface area contributed by atoms with Crippen LogP contribution in [-0.2, 0) is 18.3 Å². The van der Waals surface area contributed by atoms with Gasteiger partial charge in [0, 0.05) is 35.8 Å². The lowest BCUT2D eigenvalue weighted by molar-refractivity contribution is -0.121. The Balaban J connectivity index is 1.49. The van der Waals surface area contributed by atoms with Gasteiger partial charge in [0.25, 0.3) is 0 Å². The van der Waals surface area contributed by atoms with Gasteiger partial charge in [0.2, 0.25) is 5.91 Å². The number of aliphatic hydroxyl groups excluding tert-OH is 1. The van der Waals surface area contributed by atoms with Gasteiger partial charge in [-0.25, -0.2) is 0 Å². The first-order valence-electron chi connectivity index (χ1n) is 7.52. The summed E-state index contributed by atoms with van der Waals surface area (Å²) in [7, 11) is 1.85. The van der Waals surface area contributed by atoms with E-state index in [-0.39, 0.29) is 12.5 Å². The number of aromatic nitrogens is 2. The standard InChI is InChI=1S/C17H19N3O2S/c1-20-11-12(9-19-20)6-7-17(22)18-10-14(21)16-8-13-4-2-3-5-15(13)23-16/h2-5,8-9,11,14,21H,6-7,10H2,1H3,(H,18,22). The second kappa shape index (κ2) is 6.93. The molecule has 0 aliphatic rings. The van der Waals surface area contributed by atoms with E-state index in [1.807, 2.05) is 43.6 Å². The van der Waals surface area contributed by atoms with Crippen molar-refractivity contribution in [2.45, 2.75) is 18.9 Å². The van der Waals surface area contributed by atoms with Gasteiger partial charge in [-0.15, -0.1) is 11.3 Å². The van der Waals surface area contributed by atoms with E-state index in [0.29, 0.717) is 12.8 Å². The van der Waals surface area contributed by atoms with Crippen molar-refractivity contribution in [1.29, 1.82) is 0 Å². The maximum atomic E-state index is 11.9. The number of aliphatic hydroxyl groups is 1. The number of nitrogens with zero attached hydrogens (tertiary/aromatic N) is 2. The largest absolute Gasteiger partial charge is 0.386 e. The van der Waals surface area contributed by atoms with E-state index in [9.17, 15) is 9.90 Å². The van der Waals surface area contributed by atoms with Crippen LogP contribution in [0.3, 0.4) is 0 Å². The Labute approximate surface area is 138 Å². The van der Waals surface area contributed by atoms with Crippen LogP contribution in [0.25, 0.3) is 10.1 Å². The molecule has 1 aromatic carbocycles. The van der Waals surface area contributed by atoms with E-state index in [2.05, 4.69) is 10.4 Å². The molecule has 0 spiro atoms. The summed E-state index contributed by atoms with van der Waals surface area (Å²) in [6.07, 6.45) is 4.04. The normalized spacial score (nSPS) is 12.4. The maximum Gasteiger partial charge on any atom is 0.220 e. The van der Waals surface area contributed by atoms with E-state index in [4.69, 9.17) is 0 Å². The Hall–Kier alpha value is -2.18. The number of amides is 1. The van der Waals surface area contributed by atoms with Crippen LogP contribution in [0.5, 0.6) is 0 Å². The van der Waals surface area contributed by atoms with Crippen LogP contribution in [0.2, 0.25) is 0 Å². The highest BCUT2D eigenvalue weighted by molar-refractivity contribution is 7.19. The molecule has 2 aromatic heterocycles. The average molecular weight is 329 g/mol. The number of carbonyl (C=O) groups is 1. The molecule has 1 amide bonds. The van der Waals surface area contributed by atoms with Crippen LogP contribution in [0, 0.1) is 0 Å². The van der Waals surface area contributed by atoms with Gasteiger partial charge >= 0.3 is 0 Å². The molecule has 2 N–H and O–H groups in total. The number of benzene rings is 1. The van der Waals surface area contributed by atoms with Gasteiger partial charge in [-0.3, -0.25) is 9.48 Å². The number of fused-ring (bicyclic) bond motifs is 1. The molecule has 0 saturated heterocycles. The summed E-state index contributed by atoms with van der Waals surface area (Å²) in [5, 5.41) is 18.2. The predicted octanol–water partition coefficient (Wildman–Crippen LogP) is 2.42. The Kier molecular flexibility index (Phi) is 4.73. The fourth-order valence-electron chi connectivity index (χ4n) is 2.42. The monoisotopic (exact) mass is 329 g/mol.